The number of nitrogens with one attached hydrogen (secondary N) is 1. The topological polar surface area (TPSA) is 65.4 Å². The fraction of sp³-hybridized carbons (Fsp3) is 0.360. The normalized spacial score (nSPS) is 10.7. The van der Waals surface area contributed by atoms with Crippen LogP contribution in [0.2, 0.25) is 0 Å². The molecular formula is C25H31N3O3. The van der Waals surface area contributed by atoms with Gasteiger partial charge in [0, 0.05) is 0 Å². The van der Waals surface area contributed by atoms with Crippen LogP contribution in [0.3, 0.4) is 0 Å². The Kier molecular flexibility index (Phi) is 7.34. The van der Waals surface area contributed by atoms with Crippen LogP contribution in [-0.2, 0) is 17.8 Å². The van der Waals surface area contributed by atoms with E-state index in [1.54, 1.807) is 0 Å². The maximum absolute atomic E-state index is 12.8. The van der Waals surface area contributed by atoms with E-state index >= 15 is 0 Å². The molecule has 6 nitrogen and oxygen atoms in total. The number of ether oxygens (including phenoxy) is 2. The number of nitrogens with zero attached hydrogens (tertiary/aromatic N) is 2. The molecule has 0 unspecified atom stereocenters. The van der Waals surface area contributed by atoms with Crippen molar-refractivity contribution in [3.05, 3.63) is 70.5 Å². The average molecular weight is 422 g/mol. The average Bonchev–Trinajstić information content (AvgIpc) is 2.99. The summed E-state index contributed by atoms with van der Waals surface area (Å²) >= 11 is 0. The molecule has 1 N–H and O–H groups in total. The molecule has 0 fully saturated rings. The standard InChI is InChI=1S/C25H31N3O3/c1-6-30-22-13-12-21(14-23(22)31-7-2)15-24(29)26-25-18(4)27-28(19(25)5)16-20-10-8-17(3)9-11-20/h8-14H,6-7,15-16H2,1-5H3,(H,26,29). The van der Waals surface area contributed by atoms with Gasteiger partial charge in [0.15, 0.2) is 11.5 Å². The Bertz CT molecular complexity index is 1040. The largest absolute Gasteiger partial charge is 0.490 e. The molecule has 0 bridgehead atoms. The first-order valence-electron chi connectivity index (χ1n) is 10.7. The van der Waals surface area contributed by atoms with Crippen LogP contribution in [0.15, 0.2) is 42.5 Å². The quantitative estimate of drug-likeness (QED) is 0.537. The lowest BCUT2D eigenvalue weighted by Gasteiger charge is -2.12. The summed E-state index contributed by atoms with van der Waals surface area (Å²) in [6, 6.07) is 14.0. The first-order valence-corrected chi connectivity index (χ1v) is 10.7. The minimum absolute atomic E-state index is 0.0901. The van der Waals surface area contributed by atoms with Gasteiger partial charge in [0.2, 0.25) is 5.91 Å². The van der Waals surface area contributed by atoms with Gasteiger partial charge in [-0.05, 0) is 57.9 Å². The highest BCUT2D eigenvalue weighted by molar-refractivity contribution is 5.93. The lowest BCUT2D eigenvalue weighted by molar-refractivity contribution is -0.115. The summed E-state index contributed by atoms with van der Waals surface area (Å²) in [6.45, 7) is 11.6. The van der Waals surface area contributed by atoms with E-state index in [1.165, 1.54) is 11.1 Å². The van der Waals surface area contributed by atoms with Gasteiger partial charge in [0.1, 0.15) is 0 Å². The molecule has 0 saturated carbocycles. The van der Waals surface area contributed by atoms with Crippen LogP contribution in [-0.4, -0.2) is 28.9 Å². The molecule has 0 aliphatic rings. The minimum Gasteiger partial charge on any atom is -0.490 e. The Hall–Kier alpha value is -3.28. The van der Waals surface area contributed by atoms with Gasteiger partial charge >= 0.3 is 0 Å². The number of carbonyl (C=O) groups excluding carboxylic acids is 1. The summed E-state index contributed by atoms with van der Waals surface area (Å²) in [4.78, 5) is 12.8. The SMILES string of the molecule is CCOc1ccc(CC(=O)Nc2c(C)nn(Cc3ccc(C)cc3)c2C)cc1OCC. The number of benzene rings is 2. The first-order chi connectivity index (χ1) is 14.9. The molecule has 0 saturated heterocycles. The van der Waals surface area contributed by atoms with Crippen molar-refractivity contribution < 1.29 is 14.3 Å². The van der Waals surface area contributed by atoms with Gasteiger partial charge in [-0.15, -0.1) is 0 Å². The van der Waals surface area contributed by atoms with Gasteiger partial charge in [0.05, 0.1) is 43.3 Å². The van der Waals surface area contributed by atoms with E-state index < -0.39 is 0 Å². The number of rotatable bonds is 9. The van der Waals surface area contributed by atoms with Crippen molar-refractivity contribution in [2.24, 2.45) is 0 Å². The van der Waals surface area contributed by atoms with Crippen LogP contribution in [0, 0.1) is 20.8 Å². The molecule has 164 valence electrons. The van der Waals surface area contributed by atoms with Crippen molar-refractivity contribution in [1.29, 1.82) is 0 Å². The van der Waals surface area contributed by atoms with E-state index in [2.05, 4.69) is 41.6 Å². The van der Waals surface area contributed by atoms with E-state index in [4.69, 9.17) is 9.47 Å². The highest BCUT2D eigenvalue weighted by Gasteiger charge is 2.16. The van der Waals surface area contributed by atoms with Gasteiger partial charge in [-0.1, -0.05) is 35.9 Å². The van der Waals surface area contributed by atoms with Crippen LogP contribution >= 0.6 is 0 Å². The van der Waals surface area contributed by atoms with Gasteiger partial charge in [-0.25, -0.2) is 0 Å². The molecule has 0 radical (unpaired) electrons. The fourth-order valence-electron chi connectivity index (χ4n) is 3.47. The monoisotopic (exact) mass is 421 g/mol. The number of aromatic nitrogens is 2. The number of anilines is 1. The molecular weight excluding hydrogens is 390 g/mol. The highest BCUT2D eigenvalue weighted by Crippen LogP contribution is 2.29. The van der Waals surface area contributed by atoms with E-state index in [-0.39, 0.29) is 12.3 Å². The van der Waals surface area contributed by atoms with Crippen molar-refractivity contribution in [2.75, 3.05) is 18.5 Å². The van der Waals surface area contributed by atoms with E-state index in [1.807, 2.05) is 50.6 Å². The molecule has 1 aromatic heterocycles. The van der Waals surface area contributed by atoms with Crippen LogP contribution in [0.25, 0.3) is 0 Å². The van der Waals surface area contributed by atoms with Crippen molar-refractivity contribution >= 4 is 11.6 Å². The molecule has 0 aliphatic heterocycles. The Labute approximate surface area is 184 Å². The molecule has 3 rings (SSSR count). The summed E-state index contributed by atoms with van der Waals surface area (Å²) in [6.07, 6.45) is 0.245. The van der Waals surface area contributed by atoms with Gasteiger partial charge in [0.25, 0.3) is 0 Å². The summed E-state index contributed by atoms with van der Waals surface area (Å²) < 4.78 is 13.2. The van der Waals surface area contributed by atoms with Gasteiger partial charge in [-0.3, -0.25) is 9.48 Å². The molecule has 1 amide bonds. The molecule has 2 aromatic carbocycles. The van der Waals surface area contributed by atoms with Gasteiger partial charge < -0.3 is 14.8 Å². The second-order valence-electron chi connectivity index (χ2n) is 7.56. The Morgan fingerprint density at radius 3 is 2.26 bits per heavy atom. The van der Waals surface area contributed by atoms with Crippen LogP contribution in [0.1, 0.15) is 41.9 Å². The van der Waals surface area contributed by atoms with E-state index in [9.17, 15) is 4.79 Å². The Balaban J connectivity index is 1.71. The number of hydrogen-bond acceptors (Lipinski definition) is 4. The number of hydrogen-bond donors (Lipinski definition) is 1. The molecule has 0 spiro atoms. The maximum Gasteiger partial charge on any atom is 0.228 e. The Morgan fingerprint density at radius 2 is 1.58 bits per heavy atom. The highest BCUT2D eigenvalue weighted by atomic mass is 16.5. The van der Waals surface area contributed by atoms with Crippen LogP contribution < -0.4 is 14.8 Å². The molecule has 31 heavy (non-hydrogen) atoms. The summed E-state index contributed by atoms with van der Waals surface area (Å²) in [5, 5.41) is 7.66. The number of amides is 1. The minimum atomic E-state index is -0.0901. The number of aryl methyl sites for hydroxylation is 2. The first kappa shape index (κ1) is 22.4. The zero-order valence-corrected chi connectivity index (χ0v) is 19.0. The van der Waals surface area contributed by atoms with Crippen molar-refractivity contribution in [2.45, 2.75) is 47.6 Å². The third-order valence-electron chi connectivity index (χ3n) is 5.07. The third kappa shape index (κ3) is 5.66. The molecule has 0 aliphatic carbocycles. The lowest BCUT2D eigenvalue weighted by Crippen LogP contribution is -2.16. The lowest BCUT2D eigenvalue weighted by atomic mass is 10.1. The predicted octanol–water partition coefficient (Wildman–Crippen LogP) is 4.84. The van der Waals surface area contributed by atoms with E-state index in [0.29, 0.717) is 31.3 Å². The zero-order valence-electron chi connectivity index (χ0n) is 19.0. The zero-order chi connectivity index (χ0) is 22.4. The van der Waals surface area contributed by atoms with Crippen molar-refractivity contribution in [1.82, 2.24) is 9.78 Å². The van der Waals surface area contributed by atoms with Crippen LogP contribution in [0.5, 0.6) is 11.5 Å². The Morgan fingerprint density at radius 1 is 0.935 bits per heavy atom. The van der Waals surface area contributed by atoms with E-state index in [0.717, 1.165) is 22.6 Å². The van der Waals surface area contributed by atoms with Crippen molar-refractivity contribution in [3.63, 3.8) is 0 Å². The maximum atomic E-state index is 12.8. The number of carbonyl (C=O) groups is 1. The molecule has 3 aromatic rings. The predicted molar refractivity (Wildman–Crippen MR) is 123 cm³/mol. The third-order valence-corrected chi connectivity index (χ3v) is 5.07. The van der Waals surface area contributed by atoms with Crippen LogP contribution in [0.4, 0.5) is 5.69 Å². The summed E-state index contributed by atoms with van der Waals surface area (Å²) in [7, 11) is 0. The molecule has 1 heterocycles. The molecule has 6 heteroatoms. The summed E-state index contributed by atoms with van der Waals surface area (Å²) in [5.74, 6) is 1.26. The molecule has 0 atom stereocenters. The van der Waals surface area contributed by atoms with Crippen molar-refractivity contribution in [3.8, 4) is 11.5 Å². The second-order valence-corrected chi connectivity index (χ2v) is 7.56. The second kappa shape index (κ2) is 10.2. The fourth-order valence-corrected chi connectivity index (χ4v) is 3.47. The smallest absolute Gasteiger partial charge is 0.228 e. The summed E-state index contributed by atoms with van der Waals surface area (Å²) in [5.41, 5.74) is 5.78. The van der Waals surface area contributed by atoms with Gasteiger partial charge in [-0.2, -0.15) is 5.10 Å².